The van der Waals surface area contributed by atoms with Gasteiger partial charge in [-0.25, -0.2) is 0 Å². The van der Waals surface area contributed by atoms with E-state index in [2.05, 4.69) is 5.32 Å². The number of morpholine rings is 1. The van der Waals surface area contributed by atoms with Crippen LogP contribution in [-0.2, 0) is 14.3 Å². The SMILES string of the molecule is COC(C)(C)C(=O)N(C)CC1CNCCO1. The maximum atomic E-state index is 12.0. The highest BCUT2D eigenvalue weighted by molar-refractivity contribution is 5.84. The van der Waals surface area contributed by atoms with Crippen LogP contribution in [0.15, 0.2) is 0 Å². The molecule has 0 aromatic rings. The van der Waals surface area contributed by atoms with Crippen LogP contribution in [0.3, 0.4) is 0 Å². The van der Waals surface area contributed by atoms with E-state index in [1.165, 1.54) is 0 Å². The first-order valence-corrected chi connectivity index (χ1v) is 5.60. The summed E-state index contributed by atoms with van der Waals surface area (Å²) >= 11 is 0. The third kappa shape index (κ3) is 3.43. The second-order valence-electron chi connectivity index (χ2n) is 4.60. The Morgan fingerprint density at radius 3 is 2.81 bits per heavy atom. The summed E-state index contributed by atoms with van der Waals surface area (Å²) in [6.45, 7) is 6.53. The summed E-state index contributed by atoms with van der Waals surface area (Å²) < 4.78 is 10.7. The van der Waals surface area contributed by atoms with Gasteiger partial charge in [0.2, 0.25) is 0 Å². The number of likely N-dealkylation sites (N-methyl/N-ethyl adjacent to an activating group) is 1. The highest BCUT2D eigenvalue weighted by Crippen LogP contribution is 2.12. The zero-order valence-electron chi connectivity index (χ0n) is 10.6. The fourth-order valence-corrected chi connectivity index (χ4v) is 1.67. The van der Waals surface area contributed by atoms with Gasteiger partial charge in [0.15, 0.2) is 0 Å². The summed E-state index contributed by atoms with van der Waals surface area (Å²) in [5.41, 5.74) is -0.767. The van der Waals surface area contributed by atoms with Crippen LogP contribution in [-0.4, -0.2) is 62.9 Å². The van der Waals surface area contributed by atoms with Gasteiger partial charge < -0.3 is 19.7 Å². The smallest absolute Gasteiger partial charge is 0.254 e. The molecule has 5 heteroatoms. The quantitative estimate of drug-likeness (QED) is 0.730. The van der Waals surface area contributed by atoms with Gasteiger partial charge >= 0.3 is 0 Å². The molecule has 1 unspecified atom stereocenters. The molecule has 1 fully saturated rings. The van der Waals surface area contributed by atoms with Crippen molar-refractivity contribution in [1.29, 1.82) is 0 Å². The van der Waals surface area contributed by atoms with Crippen molar-refractivity contribution in [3.05, 3.63) is 0 Å². The number of ether oxygens (including phenoxy) is 2. The second kappa shape index (κ2) is 5.61. The number of hydrogen-bond acceptors (Lipinski definition) is 4. The molecule has 0 aromatic carbocycles. The molecule has 1 saturated heterocycles. The number of amides is 1. The van der Waals surface area contributed by atoms with Crippen molar-refractivity contribution in [2.24, 2.45) is 0 Å². The molecular weight excluding hydrogens is 208 g/mol. The Labute approximate surface area is 97.1 Å². The number of nitrogens with one attached hydrogen (secondary N) is 1. The molecule has 1 N–H and O–H groups in total. The molecule has 0 saturated carbocycles. The van der Waals surface area contributed by atoms with Crippen molar-refractivity contribution in [3.8, 4) is 0 Å². The zero-order chi connectivity index (χ0) is 12.2. The molecule has 0 aliphatic carbocycles. The summed E-state index contributed by atoms with van der Waals surface area (Å²) in [6, 6.07) is 0. The van der Waals surface area contributed by atoms with Gasteiger partial charge in [-0.15, -0.1) is 0 Å². The first-order chi connectivity index (χ1) is 7.47. The molecule has 94 valence electrons. The molecule has 1 rings (SSSR count). The molecule has 1 heterocycles. The first-order valence-electron chi connectivity index (χ1n) is 5.60. The summed E-state index contributed by atoms with van der Waals surface area (Å²) in [4.78, 5) is 13.7. The molecule has 1 aliphatic rings. The van der Waals surface area contributed by atoms with Crippen LogP contribution >= 0.6 is 0 Å². The van der Waals surface area contributed by atoms with E-state index >= 15 is 0 Å². The summed E-state index contributed by atoms with van der Waals surface area (Å²) in [7, 11) is 3.32. The van der Waals surface area contributed by atoms with Gasteiger partial charge in [0.1, 0.15) is 5.60 Å². The Hall–Kier alpha value is -0.650. The van der Waals surface area contributed by atoms with Gasteiger partial charge in [-0.05, 0) is 13.8 Å². The van der Waals surface area contributed by atoms with Crippen molar-refractivity contribution in [2.75, 3.05) is 40.4 Å². The van der Waals surface area contributed by atoms with E-state index in [1.54, 1.807) is 32.9 Å². The van der Waals surface area contributed by atoms with Crippen LogP contribution in [0.25, 0.3) is 0 Å². The molecule has 1 atom stereocenters. The van der Waals surface area contributed by atoms with Crippen LogP contribution in [0.2, 0.25) is 0 Å². The lowest BCUT2D eigenvalue weighted by molar-refractivity contribution is -0.151. The van der Waals surface area contributed by atoms with Gasteiger partial charge in [0.25, 0.3) is 5.91 Å². The standard InChI is InChI=1S/C11H22N2O3/c1-11(2,15-4)10(14)13(3)8-9-7-12-5-6-16-9/h9,12H,5-8H2,1-4H3. The number of methoxy groups -OCH3 is 1. The first kappa shape index (κ1) is 13.4. The molecule has 1 aliphatic heterocycles. The van der Waals surface area contributed by atoms with Crippen LogP contribution in [0.5, 0.6) is 0 Å². The Morgan fingerprint density at radius 2 is 2.31 bits per heavy atom. The van der Waals surface area contributed by atoms with Crippen molar-refractivity contribution < 1.29 is 14.3 Å². The Morgan fingerprint density at radius 1 is 1.62 bits per heavy atom. The van der Waals surface area contributed by atoms with Gasteiger partial charge in [-0.2, -0.15) is 0 Å². The lowest BCUT2D eigenvalue weighted by Gasteiger charge is -2.32. The summed E-state index contributed by atoms with van der Waals surface area (Å²) in [6.07, 6.45) is 0.0790. The van der Waals surface area contributed by atoms with Crippen LogP contribution in [0, 0.1) is 0 Å². The van der Waals surface area contributed by atoms with Gasteiger partial charge in [0, 0.05) is 33.8 Å². The highest BCUT2D eigenvalue weighted by atomic mass is 16.5. The molecule has 5 nitrogen and oxygen atoms in total. The number of carbonyl (C=O) groups excluding carboxylic acids is 1. The van der Waals surface area contributed by atoms with Crippen molar-refractivity contribution in [1.82, 2.24) is 10.2 Å². The zero-order valence-corrected chi connectivity index (χ0v) is 10.6. The number of rotatable bonds is 4. The predicted octanol–water partition coefficient (Wildman–Crippen LogP) is -0.142. The minimum absolute atomic E-state index is 0.0239. The lowest BCUT2D eigenvalue weighted by Crippen LogP contribution is -2.50. The molecule has 1 amide bonds. The monoisotopic (exact) mass is 230 g/mol. The van der Waals surface area contributed by atoms with Crippen LogP contribution in [0.4, 0.5) is 0 Å². The molecule has 16 heavy (non-hydrogen) atoms. The molecule has 0 bridgehead atoms. The van der Waals surface area contributed by atoms with Crippen molar-refractivity contribution in [2.45, 2.75) is 25.6 Å². The van der Waals surface area contributed by atoms with Gasteiger partial charge in [-0.1, -0.05) is 0 Å². The summed E-state index contributed by atoms with van der Waals surface area (Å²) in [5.74, 6) is -0.0239. The molecular formula is C11H22N2O3. The average molecular weight is 230 g/mol. The minimum atomic E-state index is -0.767. The number of hydrogen-bond donors (Lipinski definition) is 1. The van der Waals surface area contributed by atoms with Crippen molar-refractivity contribution in [3.63, 3.8) is 0 Å². The second-order valence-corrected chi connectivity index (χ2v) is 4.60. The van der Waals surface area contributed by atoms with E-state index in [1.807, 2.05) is 0 Å². The normalized spacial score (nSPS) is 21.9. The largest absolute Gasteiger partial charge is 0.374 e. The predicted molar refractivity (Wildman–Crippen MR) is 61.3 cm³/mol. The summed E-state index contributed by atoms with van der Waals surface area (Å²) in [5, 5.41) is 3.24. The lowest BCUT2D eigenvalue weighted by atomic mass is 10.1. The van der Waals surface area contributed by atoms with E-state index in [-0.39, 0.29) is 12.0 Å². The molecule has 0 radical (unpaired) electrons. The topological polar surface area (TPSA) is 50.8 Å². The molecule has 0 aromatic heterocycles. The third-order valence-corrected chi connectivity index (χ3v) is 2.85. The Bertz CT molecular complexity index is 237. The fraction of sp³-hybridized carbons (Fsp3) is 0.909. The highest BCUT2D eigenvalue weighted by Gasteiger charge is 2.31. The maximum absolute atomic E-state index is 12.0. The number of nitrogens with zero attached hydrogens (tertiary/aromatic N) is 1. The maximum Gasteiger partial charge on any atom is 0.254 e. The molecule has 0 spiro atoms. The van der Waals surface area contributed by atoms with Gasteiger partial charge in [0.05, 0.1) is 12.7 Å². The average Bonchev–Trinajstić information content (AvgIpc) is 2.29. The van der Waals surface area contributed by atoms with E-state index in [0.29, 0.717) is 13.2 Å². The number of carbonyl (C=O) groups is 1. The van der Waals surface area contributed by atoms with E-state index in [9.17, 15) is 4.79 Å². The van der Waals surface area contributed by atoms with Crippen molar-refractivity contribution >= 4 is 5.91 Å². The Kier molecular flexibility index (Phi) is 4.70. The minimum Gasteiger partial charge on any atom is -0.374 e. The van der Waals surface area contributed by atoms with E-state index < -0.39 is 5.60 Å². The van der Waals surface area contributed by atoms with Crippen LogP contribution in [0.1, 0.15) is 13.8 Å². The van der Waals surface area contributed by atoms with E-state index in [0.717, 1.165) is 13.1 Å². The Balaban J connectivity index is 2.44. The fourth-order valence-electron chi connectivity index (χ4n) is 1.67. The van der Waals surface area contributed by atoms with Crippen LogP contribution < -0.4 is 5.32 Å². The van der Waals surface area contributed by atoms with E-state index in [4.69, 9.17) is 9.47 Å². The van der Waals surface area contributed by atoms with Gasteiger partial charge in [-0.3, -0.25) is 4.79 Å². The third-order valence-electron chi connectivity index (χ3n) is 2.85.